The highest BCUT2D eigenvalue weighted by atomic mass is 79.9. The third-order valence-corrected chi connectivity index (χ3v) is 3.37. The van der Waals surface area contributed by atoms with Crippen LogP contribution in [0.15, 0.2) is 17.1 Å². The fourth-order valence-corrected chi connectivity index (χ4v) is 2.14. The van der Waals surface area contributed by atoms with Gasteiger partial charge in [-0.1, -0.05) is 6.92 Å². The maximum atomic E-state index is 4.23. The largest absolute Gasteiger partial charge is 0.369 e. The summed E-state index contributed by atoms with van der Waals surface area (Å²) in [4.78, 5) is 12.6. The Morgan fingerprint density at radius 2 is 1.85 bits per heavy atom. The van der Waals surface area contributed by atoms with Crippen LogP contribution in [0.1, 0.15) is 19.2 Å². The summed E-state index contributed by atoms with van der Waals surface area (Å²) in [6.45, 7) is 3.71. The molecule has 0 saturated carbocycles. The molecule has 0 aliphatic rings. The van der Waals surface area contributed by atoms with Gasteiger partial charge in [0.2, 0.25) is 0 Å². The molecule has 0 unspecified atom stereocenters. The van der Waals surface area contributed by atoms with E-state index in [4.69, 9.17) is 0 Å². The van der Waals surface area contributed by atoms with E-state index >= 15 is 0 Å². The molecule has 2 N–H and O–H groups in total. The van der Waals surface area contributed by atoms with E-state index in [2.05, 4.69) is 53.5 Å². The van der Waals surface area contributed by atoms with Gasteiger partial charge >= 0.3 is 0 Å². The van der Waals surface area contributed by atoms with E-state index in [0.29, 0.717) is 6.54 Å². The number of nitrogens with zero attached hydrogens (tertiary/aromatic N) is 5. The first kappa shape index (κ1) is 14.7. The van der Waals surface area contributed by atoms with Gasteiger partial charge in [0.05, 0.1) is 0 Å². The van der Waals surface area contributed by atoms with Gasteiger partial charge in [0, 0.05) is 26.6 Å². The van der Waals surface area contributed by atoms with Crippen LogP contribution in [0, 0.1) is 0 Å². The van der Waals surface area contributed by atoms with Gasteiger partial charge in [-0.3, -0.25) is 4.68 Å². The number of hydrogen-bond acceptors (Lipinski definition) is 6. The van der Waals surface area contributed by atoms with E-state index in [9.17, 15) is 0 Å². The Hall–Kier alpha value is -1.70. The third kappa shape index (κ3) is 3.89. The number of aromatic nitrogens is 5. The molecule has 2 heterocycles. The van der Waals surface area contributed by atoms with Crippen LogP contribution >= 0.6 is 15.9 Å². The summed E-state index contributed by atoms with van der Waals surface area (Å²) in [6, 6.07) is 0. The zero-order chi connectivity index (χ0) is 14.4. The average molecular weight is 340 g/mol. The molecule has 0 radical (unpaired) electrons. The number of anilines is 2. The van der Waals surface area contributed by atoms with Gasteiger partial charge in [0.15, 0.2) is 5.82 Å². The predicted molar refractivity (Wildman–Crippen MR) is 81.7 cm³/mol. The van der Waals surface area contributed by atoms with Crippen LogP contribution in [0.3, 0.4) is 0 Å². The summed E-state index contributed by atoms with van der Waals surface area (Å²) >= 11 is 3.52. The molecule has 0 aliphatic heterocycles. The van der Waals surface area contributed by atoms with Crippen molar-refractivity contribution in [3.63, 3.8) is 0 Å². The smallest absolute Gasteiger partial charge is 0.152 e. The van der Waals surface area contributed by atoms with Crippen molar-refractivity contribution in [2.75, 3.05) is 23.7 Å². The van der Waals surface area contributed by atoms with Crippen molar-refractivity contribution < 1.29 is 0 Å². The van der Waals surface area contributed by atoms with Gasteiger partial charge in [0.25, 0.3) is 0 Å². The van der Waals surface area contributed by atoms with Gasteiger partial charge in [0.1, 0.15) is 28.8 Å². The van der Waals surface area contributed by atoms with Crippen molar-refractivity contribution >= 4 is 27.6 Å². The van der Waals surface area contributed by atoms with E-state index in [1.807, 2.05) is 7.05 Å². The Balaban J connectivity index is 1.92. The van der Waals surface area contributed by atoms with Crippen molar-refractivity contribution in [1.29, 1.82) is 0 Å². The second kappa shape index (κ2) is 7.18. The highest BCUT2D eigenvalue weighted by molar-refractivity contribution is 9.10. The molecule has 8 heteroatoms. The Morgan fingerprint density at radius 1 is 1.15 bits per heavy atom. The minimum atomic E-state index is 0.715. The second-order valence-corrected chi connectivity index (χ2v) is 5.12. The summed E-state index contributed by atoms with van der Waals surface area (Å²) in [5, 5.41) is 10.7. The van der Waals surface area contributed by atoms with Crippen molar-refractivity contribution in [3.05, 3.63) is 23.0 Å². The number of aryl methyl sites for hydroxylation is 1. The molecule has 0 atom stereocenters. The lowest BCUT2D eigenvalue weighted by atomic mass is 10.4. The molecule has 0 saturated heterocycles. The standard InChI is InChI=1S/C12H18BrN7/c1-3-5-14-11-10(13)12(17-7-16-11)15-6-4-9-18-8-20(2)19-9/h7-8H,3-6H2,1-2H3,(H2,14,15,16,17). The Morgan fingerprint density at radius 3 is 2.45 bits per heavy atom. The second-order valence-electron chi connectivity index (χ2n) is 4.32. The van der Waals surface area contributed by atoms with Gasteiger partial charge in [-0.15, -0.1) is 0 Å². The van der Waals surface area contributed by atoms with Crippen LogP contribution in [0.2, 0.25) is 0 Å². The lowest BCUT2D eigenvalue weighted by Gasteiger charge is -2.10. The van der Waals surface area contributed by atoms with Crippen molar-refractivity contribution in [2.24, 2.45) is 7.05 Å². The van der Waals surface area contributed by atoms with E-state index in [1.54, 1.807) is 17.3 Å². The average Bonchev–Trinajstić information content (AvgIpc) is 2.85. The van der Waals surface area contributed by atoms with E-state index in [-0.39, 0.29) is 0 Å². The molecule has 0 fully saturated rings. The van der Waals surface area contributed by atoms with Crippen LogP contribution in [0.4, 0.5) is 11.6 Å². The van der Waals surface area contributed by atoms with Crippen molar-refractivity contribution in [1.82, 2.24) is 24.7 Å². The lowest BCUT2D eigenvalue weighted by Crippen LogP contribution is -2.10. The summed E-state index contributed by atoms with van der Waals surface area (Å²) in [7, 11) is 1.86. The van der Waals surface area contributed by atoms with Crippen LogP contribution in [0.25, 0.3) is 0 Å². The zero-order valence-electron chi connectivity index (χ0n) is 11.6. The molecular formula is C12H18BrN7. The maximum Gasteiger partial charge on any atom is 0.152 e. The first-order valence-corrected chi connectivity index (χ1v) is 7.32. The van der Waals surface area contributed by atoms with Gasteiger partial charge in [-0.05, 0) is 22.4 Å². The molecular weight excluding hydrogens is 322 g/mol. The molecule has 2 aromatic rings. The fraction of sp³-hybridized carbons (Fsp3) is 0.500. The number of hydrogen-bond donors (Lipinski definition) is 2. The first-order chi connectivity index (χ1) is 9.70. The van der Waals surface area contributed by atoms with Crippen LogP contribution < -0.4 is 10.6 Å². The van der Waals surface area contributed by atoms with Crippen LogP contribution in [-0.2, 0) is 13.5 Å². The molecule has 0 spiro atoms. The molecule has 0 aromatic carbocycles. The summed E-state index contributed by atoms with van der Waals surface area (Å²) < 4.78 is 2.55. The third-order valence-electron chi connectivity index (χ3n) is 2.62. The quantitative estimate of drug-likeness (QED) is 0.801. The Labute approximate surface area is 126 Å². The summed E-state index contributed by atoms with van der Waals surface area (Å²) in [5.41, 5.74) is 0. The monoisotopic (exact) mass is 339 g/mol. The first-order valence-electron chi connectivity index (χ1n) is 6.53. The molecule has 108 valence electrons. The Kier molecular flexibility index (Phi) is 5.28. The van der Waals surface area contributed by atoms with E-state index in [1.165, 1.54) is 0 Å². The van der Waals surface area contributed by atoms with Gasteiger partial charge < -0.3 is 10.6 Å². The SMILES string of the molecule is CCCNc1ncnc(NCCc2ncn(C)n2)c1Br. The van der Waals surface area contributed by atoms with Crippen LogP contribution in [-0.4, -0.2) is 37.8 Å². The zero-order valence-corrected chi connectivity index (χ0v) is 13.2. The minimum absolute atomic E-state index is 0.715. The fourth-order valence-electron chi connectivity index (χ4n) is 1.65. The molecule has 0 amide bonds. The normalized spacial score (nSPS) is 10.6. The van der Waals surface area contributed by atoms with Crippen LogP contribution in [0.5, 0.6) is 0 Å². The highest BCUT2D eigenvalue weighted by Crippen LogP contribution is 2.26. The minimum Gasteiger partial charge on any atom is -0.369 e. The number of halogens is 1. The maximum absolute atomic E-state index is 4.23. The lowest BCUT2D eigenvalue weighted by molar-refractivity contribution is 0.741. The Bertz CT molecular complexity index is 554. The number of rotatable bonds is 7. The molecule has 20 heavy (non-hydrogen) atoms. The molecule has 0 aliphatic carbocycles. The van der Waals surface area contributed by atoms with Gasteiger partial charge in [-0.2, -0.15) is 5.10 Å². The molecule has 2 rings (SSSR count). The number of nitrogens with one attached hydrogen (secondary N) is 2. The molecule has 0 bridgehead atoms. The summed E-state index contributed by atoms with van der Waals surface area (Å²) in [5.74, 6) is 2.39. The summed E-state index contributed by atoms with van der Waals surface area (Å²) in [6.07, 6.45) is 5.03. The molecule has 2 aromatic heterocycles. The van der Waals surface area contributed by atoms with Crippen molar-refractivity contribution in [2.45, 2.75) is 19.8 Å². The predicted octanol–water partition coefficient (Wildman–Crippen LogP) is 1.84. The van der Waals surface area contributed by atoms with Gasteiger partial charge in [-0.25, -0.2) is 15.0 Å². The van der Waals surface area contributed by atoms with E-state index in [0.717, 1.165) is 41.3 Å². The highest BCUT2D eigenvalue weighted by Gasteiger charge is 2.08. The van der Waals surface area contributed by atoms with E-state index < -0.39 is 0 Å². The molecule has 7 nitrogen and oxygen atoms in total. The topological polar surface area (TPSA) is 80.5 Å². The van der Waals surface area contributed by atoms with Crippen molar-refractivity contribution in [3.8, 4) is 0 Å².